The summed E-state index contributed by atoms with van der Waals surface area (Å²) in [5, 5.41) is 0.731. The van der Waals surface area contributed by atoms with Crippen LogP contribution in [0, 0.1) is 0 Å². The van der Waals surface area contributed by atoms with Gasteiger partial charge in [-0.2, -0.15) is 0 Å². The molecule has 0 saturated carbocycles. The molecule has 0 aliphatic carbocycles. The fraction of sp³-hybridized carbons (Fsp3) is 0.348. The Morgan fingerprint density at radius 1 is 0.871 bits per heavy atom. The van der Waals surface area contributed by atoms with Gasteiger partial charge in [-0.15, -0.1) is 0 Å². The van der Waals surface area contributed by atoms with E-state index in [4.69, 9.17) is 14.2 Å². The number of nitrogens with zero attached hydrogens (tertiary/aromatic N) is 2. The van der Waals surface area contributed by atoms with Gasteiger partial charge < -0.3 is 19.1 Å². The second-order valence-corrected chi connectivity index (χ2v) is 9.34. The van der Waals surface area contributed by atoms with E-state index >= 15 is 0 Å². The topological polar surface area (TPSA) is 78.0 Å². The Hall–Kier alpha value is -3.00. The maximum atomic E-state index is 13.7. The van der Waals surface area contributed by atoms with Gasteiger partial charge in [-0.3, -0.25) is 4.98 Å². The molecule has 164 valence electrons. The number of hydrogen-bond donors (Lipinski definition) is 0. The van der Waals surface area contributed by atoms with Gasteiger partial charge in [0.1, 0.15) is 10.6 Å². The highest BCUT2D eigenvalue weighted by Crippen LogP contribution is 2.41. The van der Waals surface area contributed by atoms with Crippen LogP contribution in [-0.2, 0) is 9.84 Å². The molecule has 1 aliphatic rings. The van der Waals surface area contributed by atoms with E-state index in [0.717, 1.165) is 37.7 Å². The van der Waals surface area contributed by atoms with Crippen LogP contribution in [0.3, 0.4) is 0 Å². The van der Waals surface area contributed by atoms with Gasteiger partial charge in [0.15, 0.2) is 11.5 Å². The van der Waals surface area contributed by atoms with Crippen LogP contribution in [0.25, 0.3) is 10.9 Å². The molecule has 7 nitrogen and oxygen atoms in total. The molecule has 8 heteroatoms. The van der Waals surface area contributed by atoms with Crippen molar-refractivity contribution in [3.05, 3.63) is 42.6 Å². The van der Waals surface area contributed by atoms with Crippen LogP contribution in [0.1, 0.15) is 19.3 Å². The highest BCUT2D eigenvalue weighted by molar-refractivity contribution is 7.91. The third-order valence-electron chi connectivity index (χ3n) is 5.64. The standard InChI is InChI=1S/C23H26N2O5S/c1-28-16-7-9-17(10-8-16)31(26,27)22-15-24-19-14-21(30-3)20(29-2)13-18(19)23(22)25-11-5-4-6-12-25/h7-10,13-15H,4-6,11-12H2,1-3H3. The quantitative estimate of drug-likeness (QED) is 0.569. The van der Waals surface area contributed by atoms with E-state index in [1.165, 1.54) is 6.20 Å². The minimum Gasteiger partial charge on any atom is -0.497 e. The number of benzene rings is 2. The second-order valence-electron chi connectivity index (χ2n) is 7.42. The van der Waals surface area contributed by atoms with Gasteiger partial charge >= 0.3 is 0 Å². The number of piperidine rings is 1. The van der Waals surface area contributed by atoms with Crippen molar-refractivity contribution in [2.75, 3.05) is 39.3 Å². The number of methoxy groups -OCH3 is 3. The number of pyridine rings is 1. The van der Waals surface area contributed by atoms with Gasteiger partial charge in [0, 0.05) is 30.7 Å². The molecule has 0 N–H and O–H groups in total. The largest absolute Gasteiger partial charge is 0.497 e. The third kappa shape index (κ3) is 3.87. The zero-order chi connectivity index (χ0) is 22.0. The maximum absolute atomic E-state index is 13.7. The zero-order valence-corrected chi connectivity index (χ0v) is 18.7. The van der Waals surface area contributed by atoms with E-state index in [9.17, 15) is 8.42 Å². The third-order valence-corrected chi connectivity index (χ3v) is 7.41. The molecule has 0 amide bonds. The normalized spacial score (nSPS) is 14.5. The Balaban J connectivity index is 1.97. The van der Waals surface area contributed by atoms with Crippen molar-refractivity contribution >= 4 is 26.4 Å². The lowest BCUT2D eigenvalue weighted by Gasteiger charge is -2.31. The molecule has 4 rings (SSSR count). The van der Waals surface area contributed by atoms with Gasteiger partial charge in [-0.25, -0.2) is 8.42 Å². The Bertz CT molecular complexity index is 1190. The van der Waals surface area contributed by atoms with Crippen molar-refractivity contribution in [3.63, 3.8) is 0 Å². The van der Waals surface area contributed by atoms with E-state index in [1.807, 2.05) is 6.07 Å². The number of fused-ring (bicyclic) bond motifs is 1. The SMILES string of the molecule is COc1ccc(S(=O)(=O)c2cnc3cc(OC)c(OC)cc3c2N2CCCCC2)cc1. The number of anilines is 1. The predicted octanol–water partition coefficient (Wildman–Crippen LogP) is 4.08. The van der Waals surface area contributed by atoms with Crippen molar-refractivity contribution in [1.82, 2.24) is 4.98 Å². The van der Waals surface area contributed by atoms with Crippen LogP contribution < -0.4 is 19.1 Å². The molecule has 31 heavy (non-hydrogen) atoms. The summed E-state index contributed by atoms with van der Waals surface area (Å²) in [4.78, 5) is 7.02. The van der Waals surface area contributed by atoms with E-state index in [1.54, 1.807) is 51.7 Å². The first-order chi connectivity index (χ1) is 15.0. The highest BCUT2D eigenvalue weighted by atomic mass is 32.2. The lowest BCUT2D eigenvalue weighted by atomic mass is 10.1. The minimum atomic E-state index is -3.80. The van der Waals surface area contributed by atoms with E-state index in [-0.39, 0.29) is 9.79 Å². The number of ether oxygens (including phenoxy) is 3. The first-order valence-corrected chi connectivity index (χ1v) is 11.7. The molecule has 1 saturated heterocycles. The fourth-order valence-corrected chi connectivity index (χ4v) is 5.44. The van der Waals surface area contributed by atoms with Gasteiger partial charge in [0.25, 0.3) is 0 Å². The highest BCUT2D eigenvalue weighted by Gasteiger charge is 2.28. The van der Waals surface area contributed by atoms with Gasteiger partial charge in [-0.05, 0) is 49.6 Å². The first-order valence-electron chi connectivity index (χ1n) is 10.2. The van der Waals surface area contributed by atoms with Gasteiger partial charge in [0.2, 0.25) is 9.84 Å². The molecule has 0 bridgehead atoms. The molecule has 0 spiro atoms. The van der Waals surface area contributed by atoms with Crippen LogP contribution in [0.4, 0.5) is 5.69 Å². The van der Waals surface area contributed by atoms with Crippen molar-refractivity contribution in [2.24, 2.45) is 0 Å². The lowest BCUT2D eigenvalue weighted by Crippen LogP contribution is -2.31. The number of sulfone groups is 1. The average Bonchev–Trinajstić information content (AvgIpc) is 2.82. The Labute approximate surface area is 182 Å². The Kier molecular flexibility index (Phi) is 5.91. The molecule has 2 aromatic carbocycles. The summed E-state index contributed by atoms with van der Waals surface area (Å²) in [5.74, 6) is 1.69. The minimum absolute atomic E-state index is 0.194. The maximum Gasteiger partial charge on any atom is 0.210 e. The average molecular weight is 443 g/mol. The summed E-state index contributed by atoms with van der Waals surface area (Å²) in [6.07, 6.45) is 4.62. The van der Waals surface area contributed by atoms with E-state index < -0.39 is 9.84 Å². The molecule has 1 aliphatic heterocycles. The summed E-state index contributed by atoms with van der Waals surface area (Å²) >= 11 is 0. The summed E-state index contributed by atoms with van der Waals surface area (Å²) in [5.41, 5.74) is 1.33. The van der Waals surface area contributed by atoms with Crippen LogP contribution in [-0.4, -0.2) is 47.8 Å². The van der Waals surface area contributed by atoms with Gasteiger partial charge in [-0.1, -0.05) is 0 Å². The van der Waals surface area contributed by atoms with Crippen molar-refractivity contribution in [2.45, 2.75) is 29.1 Å². The summed E-state index contributed by atoms with van der Waals surface area (Å²) in [6, 6.07) is 10.0. The number of hydrogen-bond acceptors (Lipinski definition) is 7. The Morgan fingerprint density at radius 3 is 2.13 bits per heavy atom. The molecule has 0 atom stereocenters. The summed E-state index contributed by atoms with van der Waals surface area (Å²) < 4.78 is 43.4. The molecule has 0 radical (unpaired) electrons. The molecule has 0 unspecified atom stereocenters. The molecular formula is C23H26N2O5S. The van der Waals surface area contributed by atoms with Crippen molar-refractivity contribution < 1.29 is 22.6 Å². The number of aromatic nitrogens is 1. The summed E-state index contributed by atoms with van der Waals surface area (Å²) in [7, 11) is 0.878. The first kappa shape index (κ1) is 21.2. The van der Waals surface area contributed by atoms with Crippen molar-refractivity contribution in [3.8, 4) is 17.2 Å². The second kappa shape index (κ2) is 8.63. The number of rotatable bonds is 6. The fourth-order valence-electron chi connectivity index (χ4n) is 4.01. The van der Waals surface area contributed by atoms with Crippen LogP contribution in [0.15, 0.2) is 52.4 Å². The smallest absolute Gasteiger partial charge is 0.210 e. The monoisotopic (exact) mass is 442 g/mol. The van der Waals surface area contributed by atoms with Crippen LogP contribution in [0.2, 0.25) is 0 Å². The Morgan fingerprint density at radius 2 is 1.52 bits per heavy atom. The molecule has 1 fully saturated rings. The summed E-state index contributed by atoms with van der Waals surface area (Å²) in [6.45, 7) is 1.58. The molecule has 2 heterocycles. The van der Waals surface area contributed by atoms with E-state index in [0.29, 0.717) is 28.5 Å². The molecule has 3 aromatic rings. The van der Waals surface area contributed by atoms with E-state index in [2.05, 4.69) is 9.88 Å². The van der Waals surface area contributed by atoms with Gasteiger partial charge in [0.05, 0.1) is 37.4 Å². The van der Waals surface area contributed by atoms with Crippen LogP contribution in [0.5, 0.6) is 17.2 Å². The molecular weight excluding hydrogens is 416 g/mol. The predicted molar refractivity (Wildman–Crippen MR) is 119 cm³/mol. The lowest BCUT2D eigenvalue weighted by molar-refractivity contribution is 0.356. The van der Waals surface area contributed by atoms with Crippen LogP contribution >= 0.6 is 0 Å². The molecule has 1 aromatic heterocycles. The van der Waals surface area contributed by atoms with Crippen molar-refractivity contribution in [1.29, 1.82) is 0 Å². The zero-order valence-electron chi connectivity index (χ0n) is 17.9.